The summed E-state index contributed by atoms with van der Waals surface area (Å²) in [6.45, 7) is 2.89. The SMILES string of the molecule is Cc1cc2c(cc1C1=CC(C=O)NN1C)CCCO2. The molecule has 0 amide bonds. The lowest BCUT2D eigenvalue weighted by molar-refractivity contribution is -0.109. The topological polar surface area (TPSA) is 41.6 Å². The lowest BCUT2D eigenvalue weighted by atomic mass is 9.97. The van der Waals surface area contributed by atoms with E-state index >= 15 is 0 Å². The van der Waals surface area contributed by atoms with Crippen LogP contribution in [0, 0.1) is 6.92 Å². The zero-order valence-electron chi connectivity index (χ0n) is 11.3. The molecule has 2 heterocycles. The summed E-state index contributed by atoms with van der Waals surface area (Å²) in [6.07, 6.45) is 5.01. The number of hydrogen-bond acceptors (Lipinski definition) is 4. The van der Waals surface area contributed by atoms with Crippen LogP contribution in [0.25, 0.3) is 5.70 Å². The quantitative estimate of drug-likeness (QED) is 0.819. The smallest absolute Gasteiger partial charge is 0.142 e. The predicted molar refractivity (Wildman–Crippen MR) is 73.7 cm³/mol. The number of ether oxygens (including phenoxy) is 1. The van der Waals surface area contributed by atoms with Gasteiger partial charge in [0.2, 0.25) is 0 Å². The van der Waals surface area contributed by atoms with Crippen molar-refractivity contribution in [1.29, 1.82) is 0 Å². The monoisotopic (exact) mass is 258 g/mol. The van der Waals surface area contributed by atoms with Gasteiger partial charge in [-0.3, -0.25) is 0 Å². The van der Waals surface area contributed by atoms with Crippen molar-refractivity contribution in [3.05, 3.63) is 34.9 Å². The molecule has 2 aliphatic heterocycles. The van der Waals surface area contributed by atoms with Crippen molar-refractivity contribution in [2.45, 2.75) is 25.8 Å². The Balaban J connectivity index is 2.03. The number of hydrogen-bond donors (Lipinski definition) is 1. The molecule has 0 saturated heterocycles. The van der Waals surface area contributed by atoms with E-state index in [9.17, 15) is 4.79 Å². The third-order valence-corrected chi connectivity index (χ3v) is 3.72. The Hall–Kier alpha value is -1.81. The lowest BCUT2D eigenvalue weighted by Crippen LogP contribution is -2.34. The van der Waals surface area contributed by atoms with Crippen molar-refractivity contribution < 1.29 is 9.53 Å². The fourth-order valence-corrected chi connectivity index (χ4v) is 2.73. The highest BCUT2D eigenvalue weighted by Gasteiger charge is 2.23. The number of rotatable bonds is 2. The molecule has 1 atom stereocenters. The first-order chi connectivity index (χ1) is 9.19. The van der Waals surface area contributed by atoms with Crippen LogP contribution < -0.4 is 10.2 Å². The molecule has 0 fully saturated rings. The Morgan fingerprint density at radius 1 is 1.47 bits per heavy atom. The molecule has 1 aromatic carbocycles. The van der Waals surface area contributed by atoms with Crippen LogP contribution in [0.1, 0.15) is 23.1 Å². The van der Waals surface area contributed by atoms with Gasteiger partial charge < -0.3 is 14.5 Å². The maximum Gasteiger partial charge on any atom is 0.142 e. The first kappa shape index (κ1) is 12.2. The van der Waals surface area contributed by atoms with Gasteiger partial charge in [-0.1, -0.05) is 0 Å². The molecule has 0 radical (unpaired) electrons. The van der Waals surface area contributed by atoms with Gasteiger partial charge in [-0.15, -0.1) is 0 Å². The average Bonchev–Trinajstić information content (AvgIpc) is 2.79. The number of aldehydes is 1. The van der Waals surface area contributed by atoms with Crippen LogP contribution in [0.2, 0.25) is 0 Å². The standard InChI is InChI=1S/C15H18N2O2/c1-10-6-15-11(4-3-5-19-15)7-13(10)14-8-12(9-18)16-17(14)2/h6-9,12,16H,3-5H2,1-2H3. The molecule has 0 aromatic heterocycles. The second-order valence-corrected chi connectivity index (χ2v) is 5.13. The highest BCUT2D eigenvalue weighted by molar-refractivity contribution is 5.76. The Bertz CT molecular complexity index is 551. The Kier molecular flexibility index (Phi) is 3.03. The van der Waals surface area contributed by atoms with Crippen molar-refractivity contribution in [3.63, 3.8) is 0 Å². The molecule has 2 aliphatic rings. The summed E-state index contributed by atoms with van der Waals surface area (Å²) < 4.78 is 5.69. The van der Waals surface area contributed by atoms with Crippen LogP contribution in [0.3, 0.4) is 0 Å². The van der Waals surface area contributed by atoms with Crippen molar-refractivity contribution in [1.82, 2.24) is 10.4 Å². The third-order valence-electron chi connectivity index (χ3n) is 3.72. The van der Waals surface area contributed by atoms with Crippen LogP contribution in [-0.4, -0.2) is 31.0 Å². The Labute approximate surface area is 113 Å². The highest BCUT2D eigenvalue weighted by atomic mass is 16.5. The van der Waals surface area contributed by atoms with Crippen LogP contribution in [-0.2, 0) is 11.2 Å². The van der Waals surface area contributed by atoms with Crippen LogP contribution in [0.5, 0.6) is 5.75 Å². The molecule has 4 heteroatoms. The van der Waals surface area contributed by atoms with Gasteiger partial charge in [-0.25, -0.2) is 5.43 Å². The zero-order chi connectivity index (χ0) is 13.4. The normalized spacial score (nSPS) is 21.7. The summed E-state index contributed by atoms with van der Waals surface area (Å²) in [6, 6.07) is 4.07. The summed E-state index contributed by atoms with van der Waals surface area (Å²) in [7, 11) is 1.94. The van der Waals surface area contributed by atoms with E-state index in [0.717, 1.165) is 37.2 Å². The first-order valence-corrected chi connectivity index (χ1v) is 6.63. The van der Waals surface area contributed by atoms with Gasteiger partial charge in [0.05, 0.1) is 12.3 Å². The molecule has 0 aliphatic carbocycles. The first-order valence-electron chi connectivity index (χ1n) is 6.63. The molecule has 1 aromatic rings. The Morgan fingerprint density at radius 3 is 3.05 bits per heavy atom. The summed E-state index contributed by atoms with van der Waals surface area (Å²) in [5.41, 5.74) is 7.76. The van der Waals surface area contributed by atoms with Crippen molar-refractivity contribution >= 4 is 12.0 Å². The van der Waals surface area contributed by atoms with Gasteiger partial charge in [0.25, 0.3) is 0 Å². The fraction of sp³-hybridized carbons (Fsp3) is 0.400. The Morgan fingerprint density at radius 2 is 2.32 bits per heavy atom. The number of aryl methyl sites for hydroxylation is 2. The molecule has 19 heavy (non-hydrogen) atoms. The number of hydrazine groups is 1. The minimum atomic E-state index is -0.230. The van der Waals surface area contributed by atoms with Crippen molar-refractivity contribution in [2.75, 3.05) is 13.7 Å². The highest BCUT2D eigenvalue weighted by Crippen LogP contribution is 2.33. The summed E-state index contributed by atoms with van der Waals surface area (Å²) >= 11 is 0. The molecule has 0 bridgehead atoms. The van der Waals surface area contributed by atoms with E-state index in [2.05, 4.69) is 24.5 Å². The van der Waals surface area contributed by atoms with Crippen LogP contribution in [0.4, 0.5) is 0 Å². The third kappa shape index (κ3) is 2.12. The molecule has 3 rings (SSSR count). The zero-order valence-corrected chi connectivity index (χ0v) is 11.3. The van der Waals surface area contributed by atoms with E-state index in [1.807, 2.05) is 18.1 Å². The minimum absolute atomic E-state index is 0.230. The lowest BCUT2D eigenvalue weighted by Gasteiger charge is -2.23. The molecule has 100 valence electrons. The summed E-state index contributed by atoms with van der Waals surface area (Å²) in [5.74, 6) is 1.01. The molecule has 0 saturated carbocycles. The van der Waals surface area contributed by atoms with Gasteiger partial charge in [-0.05, 0) is 49.1 Å². The number of nitrogens with one attached hydrogen (secondary N) is 1. The maximum atomic E-state index is 10.9. The van der Waals surface area contributed by atoms with Crippen molar-refractivity contribution in [3.8, 4) is 5.75 Å². The van der Waals surface area contributed by atoms with Crippen LogP contribution in [0.15, 0.2) is 18.2 Å². The van der Waals surface area contributed by atoms with Gasteiger partial charge in [0, 0.05) is 12.6 Å². The van der Waals surface area contributed by atoms with Crippen molar-refractivity contribution in [2.24, 2.45) is 0 Å². The molecule has 4 nitrogen and oxygen atoms in total. The molecule has 1 N–H and O–H groups in total. The molecule has 0 spiro atoms. The van der Waals surface area contributed by atoms with E-state index in [4.69, 9.17) is 4.74 Å². The summed E-state index contributed by atoms with van der Waals surface area (Å²) in [4.78, 5) is 10.9. The molecular formula is C15H18N2O2. The second-order valence-electron chi connectivity index (χ2n) is 5.13. The van der Waals surface area contributed by atoms with E-state index in [1.54, 1.807) is 0 Å². The number of fused-ring (bicyclic) bond motifs is 1. The van der Waals surface area contributed by atoms with Gasteiger partial charge >= 0.3 is 0 Å². The number of carbonyl (C=O) groups is 1. The minimum Gasteiger partial charge on any atom is -0.493 e. The summed E-state index contributed by atoms with van der Waals surface area (Å²) in [5, 5.41) is 1.91. The predicted octanol–water partition coefficient (Wildman–Crippen LogP) is 1.68. The average molecular weight is 258 g/mol. The largest absolute Gasteiger partial charge is 0.493 e. The van der Waals surface area contributed by atoms with E-state index in [-0.39, 0.29) is 6.04 Å². The van der Waals surface area contributed by atoms with E-state index < -0.39 is 0 Å². The van der Waals surface area contributed by atoms with Crippen LogP contribution >= 0.6 is 0 Å². The van der Waals surface area contributed by atoms with Gasteiger partial charge in [-0.2, -0.15) is 0 Å². The molecule has 1 unspecified atom stereocenters. The number of nitrogens with zero attached hydrogens (tertiary/aromatic N) is 1. The van der Waals surface area contributed by atoms with Gasteiger partial charge in [0.1, 0.15) is 18.1 Å². The fourth-order valence-electron chi connectivity index (χ4n) is 2.73. The van der Waals surface area contributed by atoms with E-state index in [1.165, 1.54) is 16.7 Å². The van der Waals surface area contributed by atoms with Gasteiger partial charge in [0.15, 0.2) is 0 Å². The second kappa shape index (κ2) is 4.70. The number of benzene rings is 1. The maximum absolute atomic E-state index is 10.9. The molecular weight excluding hydrogens is 240 g/mol. The number of carbonyl (C=O) groups excluding carboxylic acids is 1. The van der Waals surface area contributed by atoms with E-state index in [0.29, 0.717) is 0 Å².